The number of benzene rings is 1. The molecule has 1 aliphatic heterocycles. The molecule has 0 radical (unpaired) electrons. The molecule has 1 heterocycles. The number of piperidine rings is 1. The fourth-order valence-electron chi connectivity index (χ4n) is 3.38. The van der Waals surface area contributed by atoms with Crippen LogP contribution in [0.4, 0.5) is 0 Å². The zero-order valence-electron chi connectivity index (χ0n) is 16.9. The minimum absolute atomic E-state index is 0.364. The number of nitrogens with zero attached hydrogens (tertiary/aromatic N) is 2. The number of nitrogens with one attached hydrogen (secondary N) is 2. The van der Waals surface area contributed by atoms with E-state index in [4.69, 9.17) is 4.99 Å². The molecular formula is C20H34N4O2S. The van der Waals surface area contributed by atoms with Crippen molar-refractivity contribution in [1.29, 1.82) is 0 Å². The second kappa shape index (κ2) is 10.7. The Hall–Kier alpha value is -1.60. The van der Waals surface area contributed by atoms with Crippen LogP contribution in [-0.2, 0) is 16.3 Å². The third-order valence-corrected chi connectivity index (χ3v) is 6.09. The molecule has 0 aromatic heterocycles. The maximum Gasteiger partial charge on any atom is 0.191 e. The summed E-state index contributed by atoms with van der Waals surface area (Å²) in [4.78, 5) is 7.64. The first-order chi connectivity index (χ1) is 12.9. The van der Waals surface area contributed by atoms with Crippen LogP contribution in [0.25, 0.3) is 0 Å². The molecule has 0 spiro atoms. The lowest BCUT2D eigenvalue weighted by atomic mass is 9.98. The Bertz CT molecular complexity index is 701. The standard InChI is InChI=1S/C20H34N4O2S/c1-4-21-20(23-15-18-7-6-14-24(5-2)16-18)22-13-12-17-8-10-19(11-9-17)27(3,25)26/h8-11,18H,4-7,12-16H2,1-3H3,(H2,21,22,23). The lowest BCUT2D eigenvalue weighted by Crippen LogP contribution is -2.40. The van der Waals surface area contributed by atoms with E-state index >= 15 is 0 Å². The second-order valence-corrected chi connectivity index (χ2v) is 9.23. The lowest BCUT2D eigenvalue weighted by molar-refractivity contribution is 0.186. The number of hydrogen-bond donors (Lipinski definition) is 2. The molecule has 1 aliphatic rings. The summed E-state index contributed by atoms with van der Waals surface area (Å²) in [6, 6.07) is 7.10. The van der Waals surface area contributed by atoms with Crippen molar-refractivity contribution >= 4 is 15.8 Å². The molecular weight excluding hydrogens is 360 g/mol. The third-order valence-electron chi connectivity index (χ3n) is 4.96. The highest BCUT2D eigenvalue weighted by Gasteiger charge is 2.18. The summed E-state index contributed by atoms with van der Waals surface area (Å²) in [5, 5.41) is 6.69. The van der Waals surface area contributed by atoms with Gasteiger partial charge in [-0.25, -0.2) is 8.42 Å². The number of sulfone groups is 1. The number of aliphatic imine (C=N–C) groups is 1. The van der Waals surface area contributed by atoms with Crippen LogP contribution >= 0.6 is 0 Å². The highest BCUT2D eigenvalue weighted by Crippen LogP contribution is 2.16. The number of hydrogen-bond acceptors (Lipinski definition) is 4. The van der Waals surface area contributed by atoms with Crippen LogP contribution in [0.1, 0.15) is 32.3 Å². The van der Waals surface area contributed by atoms with Crippen LogP contribution in [0.15, 0.2) is 34.2 Å². The minimum Gasteiger partial charge on any atom is -0.357 e. The van der Waals surface area contributed by atoms with Gasteiger partial charge in [-0.1, -0.05) is 19.1 Å². The van der Waals surface area contributed by atoms with Crippen LogP contribution in [0.5, 0.6) is 0 Å². The van der Waals surface area contributed by atoms with E-state index in [-0.39, 0.29) is 0 Å². The number of rotatable bonds is 8. The van der Waals surface area contributed by atoms with Crippen molar-refractivity contribution in [3.63, 3.8) is 0 Å². The van der Waals surface area contributed by atoms with Crippen LogP contribution < -0.4 is 10.6 Å². The Morgan fingerprint density at radius 2 is 1.96 bits per heavy atom. The fraction of sp³-hybridized carbons (Fsp3) is 0.650. The molecule has 7 heteroatoms. The van der Waals surface area contributed by atoms with Gasteiger partial charge in [-0.15, -0.1) is 0 Å². The van der Waals surface area contributed by atoms with Crippen molar-refractivity contribution < 1.29 is 8.42 Å². The summed E-state index contributed by atoms with van der Waals surface area (Å²) in [5.41, 5.74) is 1.11. The molecule has 2 N–H and O–H groups in total. The Labute approximate surface area is 164 Å². The monoisotopic (exact) mass is 394 g/mol. The molecule has 1 unspecified atom stereocenters. The first-order valence-electron chi connectivity index (χ1n) is 9.96. The predicted molar refractivity (Wildman–Crippen MR) is 112 cm³/mol. The second-order valence-electron chi connectivity index (χ2n) is 7.21. The molecule has 1 aromatic carbocycles. The minimum atomic E-state index is -3.13. The molecule has 152 valence electrons. The Balaban J connectivity index is 1.83. The molecule has 1 atom stereocenters. The molecule has 2 rings (SSSR count). The molecule has 0 aliphatic carbocycles. The van der Waals surface area contributed by atoms with Crippen LogP contribution in [0.3, 0.4) is 0 Å². The van der Waals surface area contributed by atoms with Gasteiger partial charge in [-0.05, 0) is 62.9 Å². The fourth-order valence-corrected chi connectivity index (χ4v) is 4.01. The molecule has 1 aromatic rings. The van der Waals surface area contributed by atoms with Gasteiger partial charge in [0.05, 0.1) is 4.90 Å². The average Bonchev–Trinajstić information content (AvgIpc) is 2.66. The van der Waals surface area contributed by atoms with Gasteiger partial charge in [-0.3, -0.25) is 4.99 Å². The lowest BCUT2D eigenvalue weighted by Gasteiger charge is -2.31. The maximum atomic E-state index is 11.5. The molecule has 27 heavy (non-hydrogen) atoms. The van der Waals surface area contributed by atoms with Crippen molar-refractivity contribution in [1.82, 2.24) is 15.5 Å². The topological polar surface area (TPSA) is 73.8 Å². The van der Waals surface area contributed by atoms with E-state index in [0.717, 1.165) is 50.7 Å². The van der Waals surface area contributed by atoms with Crippen molar-refractivity contribution in [2.45, 2.75) is 38.0 Å². The van der Waals surface area contributed by atoms with Crippen molar-refractivity contribution in [3.05, 3.63) is 29.8 Å². The molecule has 0 amide bonds. The van der Waals surface area contributed by atoms with Gasteiger partial charge < -0.3 is 15.5 Å². The quantitative estimate of drug-likeness (QED) is 0.521. The molecule has 1 saturated heterocycles. The zero-order chi connectivity index (χ0) is 19.7. The summed E-state index contributed by atoms with van der Waals surface area (Å²) >= 11 is 0. The van der Waals surface area contributed by atoms with Gasteiger partial charge in [0.15, 0.2) is 15.8 Å². The molecule has 0 bridgehead atoms. The SMILES string of the molecule is CCNC(=NCC1CCCN(CC)C1)NCCc1ccc(S(C)(=O)=O)cc1. The number of likely N-dealkylation sites (tertiary alicyclic amines) is 1. The van der Waals surface area contributed by atoms with Crippen molar-refractivity contribution in [2.75, 3.05) is 45.5 Å². The van der Waals surface area contributed by atoms with Crippen LogP contribution in [0, 0.1) is 5.92 Å². The predicted octanol–water partition coefficient (Wildman–Crippen LogP) is 1.92. The highest BCUT2D eigenvalue weighted by molar-refractivity contribution is 7.90. The highest BCUT2D eigenvalue weighted by atomic mass is 32.2. The molecule has 1 fully saturated rings. The van der Waals surface area contributed by atoms with Crippen molar-refractivity contribution in [3.8, 4) is 0 Å². The number of guanidine groups is 1. The van der Waals surface area contributed by atoms with Gasteiger partial charge in [0.1, 0.15) is 0 Å². The van der Waals surface area contributed by atoms with Gasteiger partial charge >= 0.3 is 0 Å². The summed E-state index contributed by atoms with van der Waals surface area (Å²) in [7, 11) is -3.13. The van der Waals surface area contributed by atoms with Crippen LogP contribution in [0.2, 0.25) is 0 Å². The first-order valence-corrected chi connectivity index (χ1v) is 11.8. The van der Waals surface area contributed by atoms with Gasteiger partial charge in [-0.2, -0.15) is 0 Å². The van der Waals surface area contributed by atoms with E-state index in [0.29, 0.717) is 10.8 Å². The Morgan fingerprint density at radius 1 is 1.22 bits per heavy atom. The van der Waals surface area contributed by atoms with E-state index in [2.05, 4.69) is 29.4 Å². The maximum absolute atomic E-state index is 11.5. The van der Waals surface area contributed by atoms with E-state index in [1.165, 1.54) is 25.6 Å². The Kier molecular flexibility index (Phi) is 8.57. The van der Waals surface area contributed by atoms with Crippen LogP contribution in [-0.4, -0.2) is 64.8 Å². The summed E-state index contributed by atoms with van der Waals surface area (Å²) in [6.07, 6.45) is 4.57. The largest absolute Gasteiger partial charge is 0.357 e. The van der Waals surface area contributed by atoms with Crippen molar-refractivity contribution in [2.24, 2.45) is 10.9 Å². The molecule has 6 nitrogen and oxygen atoms in total. The third kappa shape index (κ3) is 7.50. The smallest absolute Gasteiger partial charge is 0.191 e. The summed E-state index contributed by atoms with van der Waals surface area (Å²) in [5.74, 6) is 1.50. The summed E-state index contributed by atoms with van der Waals surface area (Å²) in [6.45, 7) is 10.2. The van der Waals surface area contributed by atoms with E-state index < -0.39 is 9.84 Å². The normalized spacial score (nSPS) is 19.1. The zero-order valence-corrected chi connectivity index (χ0v) is 17.7. The van der Waals surface area contributed by atoms with Gasteiger partial charge in [0.2, 0.25) is 0 Å². The summed E-state index contributed by atoms with van der Waals surface area (Å²) < 4.78 is 23.0. The molecule has 0 saturated carbocycles. The average molecular weight is 395 g/mol. The van der Waals surface area contributed by atoms with E-state index in [9.17, 15) is 8.42 Å². The van der Waals surface area contributed by atoms with E-state index in [1.54, 1.807) is 12.1 Å². The first kappa shape index (κ1) is 21.7. The van der Waals surface area contributed by atoms with Gasteiger partial charge in [0.25, 0.3) is 0 Å². The van der Waals surface area contributed by atoms with Gasteiger partial charge in [0, 0.05) is 32.4 Å². The van der Waals surface area contributed by atoms with E-state index in [1.807, 2.05) is 12.1 Å². The Morgan fingerprint density at radius 3 is 2.59 bits per heavy atom.